The minimum Gasteiger partial charge on any atom is -0.0795 e. The fourth-order valence-electron chi connectivity index (χ4n) is 11.2. The second-order valence-corrected chi connectivity index (χ2v) is 16.4. The van der Waals surface area contributed by atoms with Gasteiger partial charge < -0.3 is 0 Å². The number of hydrogen-bond acceptors (Lipinski definition) is 0. The number of aryl methyl sites for hydroxylation is 1. The van der Waals surface area contributed by atoms with Gasteiger partial charge in [-0.25, -0.2) is 0 Å². The summed E-state index contributed by atoms with van der Waals surface area (Å²) in [4.78, 5) is 0. The highest BCUT2D eigenvalue weighted by molar-refractivity contribution is 6.12. The fraction of sp³-hybridized carbons (Fsp3) is 0.148. The van der Waals surface area contributed by atoms with Gasteiger partial charge in [0.1, 0.15) is 0 Å². The Balaban J connectivity index is 1.10. The van der Waals surface area contributed by atoms with Gasteiger partial charge >= 0.3 is 0 Å². The molecule has 6 aliphatic carbocycles. The van der Waals surface area contributed by atoms with Crippen LogP contribution < -0.4 is 0 Å². The van der Waals surface area contributed by atoms with Crippen LogP contribution in [-0.2, 0) is 25.7 Å². The Hall–Kier alpha value is -5.98. The van der Waals surface area contributed by atoms with E-state index >= 15 is 0 Å². The lowest BCUT2D eigenvalue weighted by Crippen LogP contribution is -2.08. The van der Waals surface area contributed by atoms with Crippen LogP contribution in [0.4, 0.5) is 0 Å². The summed E-state index contributed by atoms with van der Waals surface area (Å²) < 4.78 is 0. The lowest BCUT2D eigenvalue weighted by molar-refractivity contribution is 0.821. The highest BCUT2D eigenvalue weighted by atomic mass is 14.3. The van der Waals surface area contributed by atoms with Gasteiger partial charge in [0.15, 0.2) is 0 Å². The van der Waals surface area contributed by atoms with Gasteiger partial charge in [-0.2, -0.15) is 0 Å². The van der Waals surface area contributed by atoms with E-state index in [0.29, 0.717) is 0 Å². The Bertz CT molecular complexity index is 2930. The van der Waals surface area contributed by atoms with Crippen molar-refractivity contribution in [3.05, 3.63) is 171 Å². The Morgan fingerprint density at radius 2 is 0.796 bits per heavy atom. The molecule has 0 amide bonds. The molecule has 6 aliphatic rings. The number of hydrogen-bond donors (Lipinski definition) is 0. The Morgan fingerprint density at radius 1 is 0.352 bits per heavy atom. The van der Waals surface area contributed by atoms with Crippen molar-refractivity contribution in [1.29, 1.82) is 0 Å². The molecule has 0 aliphatic heterocycles. The van der Waals surface area contributed by atoms with Gasteiger partial charge in [0.2, 0.25) is 0 Å². The molecule has 0 N–H and O–H groups in total. The standard InChI is InChI=1S/C54H38/c1-4-31-10-13-37-16-22-43(46-25-19-34(7-1)49(31)52(37)46)40-28-41(44-23-17-38-14-11-32-5-2-8-35-20-26-47(44)53(38)50(32)35)30-42(29-40)45-24-18-39-15-12-33-6-3-9-36-21-27-48(45)54(39)51(33)36/h1-2,7-8,10-12,16-30H,3-6,9,13-15H2. The summed E-state index contributed by atoms with van der Waals surface area (Å²) in [7, 11) is 0. The third kappa shape index (κ3) is 3.98. The van der Waals surface area contributed by atoms with E-state index in [9.17, 15) is 0 Å². The SMILES string of the molecule is C1=Cc2ccc3c(-c4cc(-c5ccc6c7c8c(ccc57)C=CCC8=CC6)cc(-c5ccc6c7c8c(ccc57)CCCC8=CC6)c4)ccc4c3c2C(=CC4)C1. The molecule has 0 heteroatoms. The average Bonchev–Trinajstić information content (AvgIpc) is 3.23. The van der Waals surface area contributed by atoms with E-state index in [2.05, 4.69) is 134 Å². The average molecular weight is 687 g/mol. The van der Waals surface area contributed by atoms with E-state index in [1.54, 1.807) is 5.57 Å². The smallest absolute Gasteiger partial charge is 0.00611 e. The molecule has 0 bridgehead atoms. The Labute approximate surface area is 316 Å². The largest absolute Gasteiger partial charge is 0.0795 e. The molecule has 0 saturated carbocycles. The quantitative estimate of drug-likeness (QED) is 0.174. The summed E-state index contributed by atoms with van der Waals surface area (Å²) >= 11 is 0. The topological polar surface area (TPSA) is 0 Å². The zero-order valence-electron chi connectivity index (χ0n) is 30.4. The molecule has 0 nitrogen and oxygen atoms in total. The van der Waals surface area contributed by atoms with Crippen LogP contribution >= 0.6 is 0 Å². The predicted octanol–water partition coefficient (Wildman–Crippen LogP) is 14.1. The first-order valence-electron chi connectivity index (χ1n) is 20.1. The van der Waals surface area contributed by atoms with Crippen molar-refractivity contribution in [2.75, 3.05) is 0 Å². The van der Waals surface area contributed by atoms with E-state index in [4.69, 9.17) is 0 Å². The van der Waals surface area contributed by atoms with Crippen molar-refractivity contribution in [2.24, 2.45) is 0 Å². The highest BCUT2D eigenvalue weighted by Crippen LogP contribution is 2.49. The summed E-state index contributed by atoms with van der Waals surface area (Å²) in [6.45, 7) is 0. The summed E-state index contributed by atoms with van der Waals surface area (Å²) in [5.41, 5.74) is 25.5. The first-order chi connectivity index (χ1) is 26.7. The van der Waals surface area contributed by atoms with Crippen molar-refractivity contribution in [2.45, 2.75) is 51.4 Å². The molecular weight excluding hydrogens is 649 g/mol. The van der Waals surface area contributed by atoms with Crippen LogP contribution in [0.25, 0.3) is 94.6 Å². The van der Waals surface area contributed by atoms with Crippen LogP contribution in [0, 0.1) is 0 Å². The van der Waals surface area contributed by atoms with Gasteiger partial charge in [-0.1, -0.05) is 115 Å². The molecule has 13 rings (SSSR count). The van der Waals surface area contributed by atoms with E-state index in [0.717, 1.165) is 32.1 Å². The third-order valence-electron chi connectivity index (χ3n) is 13.7. The molecule has 254 valence electrons. The van der Waals surface area contributed by atoms with Gasteiger partial charge in [0.25, 0.3) is 0 Å². The van der Waals surface area contributed by atoms with Gasteiger partial charge in [0.05, 0.1) is 0 Å². The van der Waals surface area contributed by atoms with Gasteiger partial charge in [-0.05, 0) is 202 Å². The van der Waals surface area contributed by atoms with Crippen molar-refractivity contribution < 1.29 is 0 Å². The summed E-state index contributed by atoms with van der Waals surface area (Å²) in [6, 6.07) is 36.4. The Kier molecular flexibility index (Phi) is 5.89. The third-order valence-corrected chi connectivity index (χ3v) is 13.7. The van der Waals surface area contributed by atoms with E-state index < -0.39 is 0 Å². The zero-order chi connectivity index (χ0) is 35.1. The number of benzene rings is 7. The second-order valence-electron chi connectivity index (χ2n) is 16.4. The lowest BCUT2D eigenvalue weighted by Gasteiger charge is -2.27. The maximum Gasteiger partial charge on any atom is -0.00611 e. The van der Waals surface area contributed by atoms with Crippen LogP contribution in [0.2, 0.25) is 0 Å². The molecule has 0 heterocycles. The molecule has 54 heavy (non-hydrogen) atoms. The number of rotatable bonds is 3. The Morgan fingerprint density at radius 3 is 1.31 bits per heavy atom. The van der Waals surface area contributed by atoms with Crippen molar-refractivity contribution in [3.63, 3.8) is 0 Å². The summed E-state index contributed by atoms with van der Waals surface area (Å²) in [5.74, 6) is 0. The van der Waals surface area contributed by atoms with Gasteiger partial charge in [0, 0.05) is 0 Å². The van der Waals surface area contributed by atoms with E-state index in [1.807, 2.05) is 0 Å². The molecule has 0 aromatic heterocycles. The predicted molar refractivity (Wildman–Crippen MR) is 231 cm³/mol. The molecule has 0 spiro atoms. The molecule has 0 radical (unpaired) electrons. The maximum atomic E-state index is 2.51. The van der Waals surface area contributed by atoms with Crippen molar-refractivity contribution in [1.82, 2.24) is 0 Å². The minimum absolute atomic E-state index is 1.01. The first kappa shape index (κ1) is 29.5. The van der Waals surface area contributed by atoms with Crippen LogP contribution in [0.15, 0.2) is 121 Å². The fourth-order valence-corrected chi connectivity index (χ4v) is 11.2. The normalized spacial score (nSPS) is 16.9. The monoisotopic (exact) mass is 686 g/mol. The summed E-state index contributed by atoms with van der Waals surface area (Å²) in [5, 5.41) is 8.56. The molecule has 0 unspecified atom stereocenters. The minimum atomic E-state index is 1.01. The maximum absolute atomic E-state index is 2.51. The highest BCUT2D eigenvalue weighted by Gasteiger charge is 2.26. The van der Waals surface area contributed by atoms with Crippen molar-refractivity contribution >= 4 is 61.2 Å². The molecule has 0 atom stereocenters. The summed E-state index contributed by atoms with van der Waals surface area (Å²) in [6.07, 6.45) is 25.5. The molecule has 0 fully saturated rings. The second kappa shape index (κ2) is 10.8. The molecule has 0 saturated heterocycles. The van der Waals surface area contributed by atoms with Crippen molar-refractivity contribution in [3.8, 4) is 33.4 Å². The van der Waals surface area contributed by atoms with Gasteiger partial charge in [-0.15, -0.1) is 0 Å². The molecule has 7 aromatic rings. The van der Waals surface area contributed by atoms with E-state index in [1.165, 1.54) is 146 Å². The van der Waals surface area contributed by atoms with Crippen LogP contribution in [-0.4, -0.2) is 0 Å². The van der Waals surface area contributed by atoms with E-state index in [-0.39, 0.29) is 0 Å². The zero-order valence-corrected chi connectivity index (χ0v) is 30.4. The van der Waals surface area contributed by atoms with Crippen LogP contribution in [0.3, 0.4) is 0 Å². The lowest BCUT2D eigenvalue weighted by atomic mass is 9.77. The molecule has 7 aromatic carbocycles. The number of allylic oxidation sites excluding steroid dienone is 8. The van der Waals surface area contributed by atoms with Gasteiger partial charge in [-0.3, -0.25) is 0 Å². The van der Waals surface area contributed by atoms with Crippen LogP contribution in [0.1, 0.15) is 75.8 Å². The molecular formula is C54H38. The van der Waals surface area contributed by atoms with Crippen LogP contribution in [0.5, 0.6) is 0 Å². The first-order valence-corrected chi connectivity index (χ1v) is 20.1.